The second kappa shape index (κ2) is 9.66. The van der Waals surface area contributed by atoms with Gasteiger partial charge in [0.15, 0.2) is 11.6 Å². The summed E-state index contributed by atoms with van der Waals surface area (Å²) in [7, 11) is 0. The van der Waals surface area contributed by atoms with Crippen LogP contribution in [-0.2, 0) is 11.2 Å². The lowest BCUT2D eigenvalue weighted by molar-refractivity contribution is -0.139. The minimum Gasteiger partial charge on any atom is -0.481 e. The Labute approximate surface area is 203 Å². The molecule has 1 aliphatic carbocycles. The normalized spacial score (nSPS) is 16.9. The molecule has 0 bridgehead atoms. The van der Waals surface area contributed by atoms with Crippen molar-refractivity contribution in [3.05, 3.63) is 71.0 Å². The van der Waals surface area contributed by atoms with Gasteiger partial charge in [-0.2, -0.15) is 0 Å². The molecule has 0 saturated heterocycles. The number of nitrogens with one attached hydrogen (secondary N) is 2. The molecular weight excluding hydrogens is 444 g/mol. The van der Waals surface area contributed by atoms with Gasteiger partial charge in [-0.1, -0.05) is 25.1 Å². The van der Waals surface area contributed by atoms with Crippen molar-refractivity contribution >= 4 is 29.3 Å². The highest BCUT2D eigenvalue weighted by molar-refractivity contribution is 6.04. The third kappa shape index (κ3) is 5.21. The molecule has 35 heavy (non-hydrogen) atoms. The SMILES string of the molecule is CCC1(CC(=O)O)CCc2cc(-c3cnc(NC(=O)Nc4cc(C)cc(C)c4)cn3)ccc2C1=O. The Morgan fingerprint density at radius 1 is 1.03 bits per heavy atom. The van der Waals surface area contributed by atoms with Gasteiger partial charge in [-0.05, 0) is 68.0 Å². The number of rotatable bonds is 6. The largest absolute Gasteiger partial charge is 0.481 e. The number of amides is 2. The molecular formula is C27H28N4O4. The van der Waals surface area contributed by atoms with Gasteiger partial charge in [-0.25, -0.2) is 9.78 Å². The number of Topliss-reactive ketones (excluding diaryl/α,β-unsaturated/α-hetero) is 1. The molecule has 1 atom stereocenters. The van der Waals surface area contributed by atoms with E-state index in [0.717, 1.165) is 22.3 Å². The molecule has 2 amide bonds. The monoisotopic (exact) mass is 472 g/mol. The molecule has 0 spiro atoms. The number of carbonyl (C=O) groups excluding carboxylic acids is 2. The average molecular weight is 473 g/mol. The number of nitrogens with zero attached hydrogens (tertiary/aromatic N) is 2. The number of carboxylic acid groups (broad SMARTS) is 1. The fraction of sp³-hybridized carbons (Fsp3) is 0.296. The van der Waals surface area contributed by atoms with Crippen LogP contribution in [-0.4, -0.2) is 32.9 Å². The van der Waals surface area contributed by atoms with Crippen molar-refractivity contribution in [3.8, 4) is 11.3 Å². The first-order valence-electron chi connectivity index (χ1n) is 11.6. The van der Waals surface area contributed by atoms with Crippen molar-refractivity contribution in [1.29, 1.82) is 0 Å². The summed E-state index contributed by atoms with van der Waals surface area (Å²) in [6.07, 6.45) is 4.53. The van der Waals surface area contributed by atoms with E-state index < -0.39 is 17.4 Å². The molecule has 3 aromatic rings. The minimum absolute atomic E-state index is 0.101. The lowest BCUT2D eigenvalue weighted by Gasteiger charge is -2.34. The van der Waals surface area contributed by atoms with Crippen molar-refractivity contribution in [3.63, 3.8) is 0 Å². The molecule has 8 nitrogen and oxygen atoms in total. The topological polar surface area (TPSA) is 121 Å². The van der Waals surface area contributed by atoms with E-state index in [4.69, 9.17) is 0 Å². The van der Waals surface area contributed by atoms with Gasteiger partial charge < -0.3 is 10.4 Å². The number of carbonyl (C=O) groups is 3. The zero-order chi connectivity index (χ0) is 25.2. The summed E-state index contributed by atoms with van der Waals surface area (Å²) >= 11 is 0. The molecule has 1 heterocycles. The van der Waals surface area contributed by atoms with E-state index in [1.165, 1.54) is 6.20 Å². The lowest BCUT2D eigenvalue weighted by Crippen LogP contribution is -2.37. The Bertz CT molecular complexity index is 1280. The molecule has 0 fully saturated rings. The zero-order valence-electron chi connectivity index (χ0n) is 20.0. The van der Waals surface area contributed by atoms with Gasteiger partial charge >= 0.3 is 12.0 Å². The molecule has 8 heteroatoms. The fourth-order valence-electron chi connectivity index (χ4n) is 4.74. The number of anilines is 2. The molecule has 180 valence electrons. The lowest BCUT2D eigenvalue weighted by atomic mass is 9.67. The highest BCUT2D eigenvalue weighted by Crippen LogP contribution is 2.41. The van der Waals surface area contributed by atoms with E-state index in [2.05, 4.69) is 20.6 Å². The summed E-state index contributed by atoms with van der Waals surface area (Å²) in [5.41, 5.74) is 4.85. The van der Waals surface area contributed by atoms with E-state index >= 15 is 0 Å². The van der Waals surface area contributed by atoms with Crippen molar-refractivity contribution in [2.75, 3.05) is 10.6 Å². The van der Waals surface area contributed by atoms with Gasteiger partial charge in [0.1, 0.15) is 0 Å². The van der Waals surface area contributed by atoms with Crippen molar-refractivity contribution < 1.29 is 19.5 Å². The Morgan fingerprint density at radius 2 is 1.77 bits per heavy atom. The van der Waals surface area contributed by atoms with Crippen LogP contribution < -0.4 is 10.6 Å². The number of aryl methyl sites for hydroxylation is 3. The second-order valence-corrected chi connectivity index (χ2v) is 9.15. The maximum Gasteiger partial charge on any atom is 0.324 e. The molecule has 0 saturated carbocycles. The molecule has 2 aromatic carbocycles. The van der Waals surface area contributed by atoms with Gasteiger partial charge in [0, 0.05) is 22.2 Å². The maximum absolute atomic E-state index is 13.1. The van der Waals surface area contributed by atoms with Crippen LogP contribution in [0, 0.1) is 19.3 Å². The average Bonchev–Trinajstić information content (AvgIpc) is 2.80. The molecule has 1 unspecified atom stereocenters. The van der Waals surface area contributed by atoms with Crippen LogP contribution in [0.15, 0.2) is 48.8 Å². The summed E-state index contributed by atoms with van der Waals surface area (Å²) in [5.74, 6) is -0.743. The molecule has 0 aliphatic heterocycles. The van der Waals surface area contributed by atoms with Gasteiger partial charge in [0.05, 0.1) is 24.5 Å². The summed E-state index contributed by atoms with van der Waals surface area (Å²) in [5, 5.41) is 14.8. The van der Waals surface area contributed by atoms with E-state index in [0.29, 0.717) is 42.0 Å². The van der Waals surface area contributed by atoms with Crippen molar-refractivity contribution in [1.82, 2.24) is 9.97 Å². The number of hydrogen-bond donors (Lipinski definition) is 3. The van der Waals surface area contributed by atoms with Crippen LogP contribution >= 0.6 is 0 Å². The summed E-state index contributed by atoms with van der Waals surface area (Å²) in [6, 6.07) is 10.8. The van der Waals surface area contributed by atoms with Crippen LogP contribution in [0.3, 0.4) is 0 Å². The summed E-state index contributed by atoms with van der Waals surface area (Å²) in [6.45, 7) is 5.80. The van der Waals surface area contributed by atoms with E-state index in [9.17, 15) is 19.5 Å². The van der Waals surface area contributed by atoms with E-state index in [1.807, 2.05) is 45.0 Å². The highest BCUT2D eigenvalue weighted by atomic mass is 16.4. The van der Waals surface area contributed by atoms with Gasteiger partial charge in [-0.3, -0.25) is 19.9 Å². The number of benzene rings is 2. The Kier molecular flexibility index (Phi) is 6.64. The zero-order valence-corrected chi connectivity index (χ0v) is 20.0. The number of aromatic nitrogens is 2. The first-order valence-corrected chi connectivity index (χ1v) is 11.6. The summed E-state index contributed by atoms with van der Waals surface area (Å²) in [4.78, 5) is 45.5. The Balaban J connectivity index is 1.47. The Morgan fingerprint density at radius 3 is 2.40 bits per heavy atom. The first-order chi connectivity index (χ1) is 16.7. The van der Waals surface area contributed by atoms with Gasteiger partial charge in [0.25, 0.3) is 0 Å². The third-order valence-electron chi connectivity index (χ3n) is 6.54. The maximum atomic E-state index is 13.1. The van der Waals surface area contributed by atoms with Crippen molar-refractivity contribution in [2.45, 2.75) is 46.5 Å². The second-order valence-electron chi connectivity index (χ2n) is 9.15. The summed E-state index contributed by atoms with van der Waals surface area (Å²) < 4.78 is 0. The number of aliphatic carboxylic acids is 1. The quantitative estimate of drug-likeness (QED) is 0.441. The predicted octanol–water partition coefficient (Wildman–Crippen LogP) is 5.40. The van der Waals surface area contributed by atoms with Gasteiger partial charge in [0.2, 0.25) is 0 Å². The molecule has 3 N–H and O–H groups in total. The fourth-order valence-corrected chi connectivity index (χ4v) is 4.74. The van der Waals surface area contributed by atoms with Crippen molar-refractivity contribution in [2.24, 2.45) is 5.41 Å². The standard InChI is InChI=1S/C27H28N4O4/c1-4-27(13-24(32)33)8-7-18-12-19(5-6-21(18)25(27)34)22-14-29-23(15-28-22)31-26(35)30-20-10-16(2)9-17(3)11-20/h5-6,9-12,14-15H,4,7-8,13H2,1-3H3,(H,32,33)(H2,29,30,31,35). The van der Waals surface area contributed by atoms with Gasteiger partial charge in [-0.15, -0.1) is 0 Å². The molecule has 4 rings (SSSR count). The van der Waals surface area contributed by atoms with Crippen LogP contribution in [0.5, 0.6) is 0 Å². The third-order valence-corrected chi connectivity index (χ3v) is 6.54. The smallest absolute Gasteiger partial charge is 0.324 e. The number of carboxylic acids is 1. The molecule has 1 aliphatic rings. The number of fused-ring (bicyclic) bond motifs is 1. The molecule has 0 radical (unpaired) electrons. The first kappa shape index (κ1) is 24.1. The van der Waals surface area contributed by atoms with E-state index in [-0.39, 0.29) is 12.2 Å². The Hall–Kier alpha value is -4.07. The number of ketones is 1. The van der Waals surface area contributed by atoms with E-state index in [1.54, 1.807) is 18.3 Å². The highest BCUT2D eigenvalue weighted by Gasteiger charge is 2.42. The van der Waals surface area contributed by atoms with Crippen LogP contribution in [0.4, 0.5) is 16.3 Å². The number of urea groups is 1. The van der Waals surface area contributed by atoms with Crippen LogP contribution in [0.2, 0.25) is 0 Å². The molecule has 1 aromatic heterocycles. The minimum atomic E-state index is -0.952. The number of hydrogen-bond acceptors (Lipinski definition) is 5. The van der Waals surface area contributed by atoms with Crippen LogP contribution in [0.1, 0.15) is 53.2 Å². The van der Waals surface area contributed by atoms with Crippen LogP contribution in [0.25, 0.3) is 11.3 Å². The predicted molar refractivity (Wildman–Crippen MR) is 134 cm³/mol.